The van der Waals surface area contributed by atoms with Crippen LogP contribution in [0.1, 0.15) is 39.0 Å². The van der Waals surface area contributed by atoms with E-state index < -0.39 is 0 Å². The maximum absolute atomic E-state index is 12.0. The van der Waals surface area contributed by atoms with E-state index in [9.17, 15) is 4.79 Å². The molecule has 1 aliphatic carbocycles. The maximum atomic E-state index is 12.0. The zero-order chi connectivity index (χ0) is 10.9. The average molecular weight is 212 g/mol. The molecule has 2 fully saturated rings. The Labute approximate surface area is 91.1 Å². The third-order valence-electron chi connectivity index (χ3n) is 4.28. The van der Waals surface area contributed by atoms with E-state index in [2.05, 4.69) is 6.92 Å². The van der Waals surface area contributed by atoms with Crippen LogP contribution in [0.5, 0.6) is 0 Å². The molecule has 2 rings (SSSR count). The summed E-state index contributed by atoms with van der Waals surface area (Å²) in [5.41, 5.74) is -0.122. The van der Waals surface area contributed by atoms with E-state index in [0.29, 0.717) is 0 Å². The monoisotopic (exact) mass is 212 g/mol. The van der Waals surface area contributed by atoms with Crippen molar-refractivity contribution in [3.8, 4) is 0 Å². The Morgan fingerprint density at radius 3 is 2.33 bits per heavy atom. The van der Waals surface area contributed by atoms with Crippen molar-refractivity contribution in [3.63, 3.8) is 0 Å². The third-order valence-corrected chi connectivity index (χ3v) is 4.28. The van der Waals surface area contributed by atoms with E-state index in [1.54, 1.807) is 0 Å². The van der Waals surface area contributed by atoms with Crippen molar-refractivity contribution in [2.24, 2.45) is 10.8 Å². The minimum Gasteiger partial charge on any atom is -0.469 e. The number of esters is 1. The number of hydrogen-bond donors (Lipinski definition) is 0. The van der Waals surface area contributed by atoms with Crippen LogP contribution in [0, 0.1) is 10.8 Å². The van der Waals surface area contributed by atoms with Gasteiger partial charge in [-0.05, 0) is 19.3 Å². The predicted octanol–water partition coefficient (Wildman–Crippen LogP) is 2.15. The Kier molecular flexibility index (Phi) is 2.75. The largest absolute Gasteiger partial charge is 0.469 e. The zero-order valence-electron chi connectivity index (χ0n) is 9.67. The summed E-state index contributed by atoms with van der Waals surface area (Å²) in [6.07, 6.45) is 5.33. The molecule has 0 unspecified atom stereocenters. The van der Waals surface area contributed by atoms with Gasteiger partial charge in [-0.25, -0.2) is 0 Å². The Morgan fingerprint density at radius 2 is 2.07 bits per heavy atom. The summed E-state index contributed by atoms with van der Waals surface area (Å²) in [5, 5.41) is 0. The number of rotatable bonds is 4. The fourth-order valence-corrected chi connectivity index (χ4v) is 3.16. The fourth-order valence-electron chi connectivity index (χ4n) is 3.16. The highest BCUT2D eigenvalue weighted by Crippen LogP contribution is 2.60. The van der Waals surface area contributed by atoms with Gasteiger partial charge in [0.05, 0.1) is 25.7 Å². The lowest BCUT2D eigenvalue weighted by molar-refractivity contribution is -0.227. The number of ether oxygens (including phenoxy) is 2. The molecule has 3 heteroatoms. The molecule has 0 radical (unpaired) electrons. The van der Waals surface area contributed by atoms with Crippen molar-refractivity contribution in [2.45, 2.75) is 39.0 Å². The van der Waals surface area contributed by atoms with Gasteiger partial charge in [-0.15, -0.1) is 0 Å². The summed E-state index contributed by atoms with van der Waals surface area (Å²) in [4.78, 5) is 12.0. The summed E-state index contributed by atoms with van der Waals surface area (Å²) in [6.45, 7) is 3.66. The minimum atomic E-state index is -0.212. The Bertz CT molecular complexity index is 252. The molecule has 0 aromatic heterocycles. The average Bonchev–Trinajstić information content (AvgIpc) is 2.11. The van der Waals surface area contributed by atoms with Crippen LogP contribution in [0.25, 0.3) is 0 Å². The highest BCUT2D eigenvalue weighted by molar-refractivity contribution is 5.79. The molecule has 0 aromatic carbocycles. The van der Waals surface area contributed by atoms with Crippen LogP contribution in [0.4, 0.5) is 0 Å². The second kappa shape index (κ2) is 3.78. The Hall–Kier alpha value is -0.570. The molecular weight excluding hydrogens is 192 g/mol. The van der Waals surface area contributed by atoms with Gasteiger partial charge in [0, 0.05) is 5.41 Å². The van der Waals surface area contributed by atoms with Crippen LogP contribution in [0.2, 0.25) is 0 Å². The molecule has 15 heavy (non-hydrogen) atoms. The summed E-state index contributed by atoms with van der Waals surface area (Å²) < 4.78 is 10.4. The van der Waals surface area contributed by atoms with E-state index >= 15 is 0 Å². The molecule has 0 atom stereocenters. The van der Waals surface area contributed by atoms with Crippen LogP contribution in [0.3, 0.4) is 0 Å². The smallest absolute Gasteiger partial charge is 0.312 e. The van der Waals surface area contributed by atoms with Gasteiger partial charge in [0.25, 0.3) is 0 Å². The molecule has 3 nitrogen and oxygen atoms in total. The van der Waals surface area contributed by atoms with Gasteiger partial charge in [0.15, 0.2) is 0 Å². The summed E-state index contributed by atoms with van der Waals surface area (Å²) in [5.74, 6) is -0.00880. The van der Waals surface area contributed by atoms with Crippen molar-refractivity contribution >= 4 is 5.97 Å². The molecule has 1 saturated carbocycles. The van der Waals surface area contributed by atoms with Gasteiger partial charge in [-0.1, -0.05) is 19.8 Å². The normalized spacial score (nSPS) is 26.3. The summed E-state index contributed by atoms with van der Waals surface area (Å²) in [6, 6.07) is 0. The van der Waals surface area contributed by atoms with Crippen LogP contribution in [-0.2, 0) is 14.3 Å². The van der Waals surface area contributed by atoms with E-state index in [-0.39, 0.29) is 16.8 Å². The third kappa shape index (κ3) is 1.32. The van der Waals surface area contributed by atoms with Gasteiger partial charge < -0.3 is 9.47 Å². The van der Waals surface area contributed by atoms with Gasteiger partial charge in [-0.2, -0.15) is 0 Å². The Morgan fingerprint density at radius 1 is 1.40 bits per heavy atom. The molecule has 0 amide bonds. The number of methoxy groups -OCH3 is 1. The van der Waals surface area contributed by atoms with Crippen LogP contribution >= 0.6 is 0 Å². The van der Waals surface area contributed by atoms with Gasteiger partial charge in [0.2, 0.25) is 0 Å². The highest BCUT2D eigenvalue weighted by Gasteiger charge is 2.63. The quantitative estimate of drug-likeness (QED) is 0.670. The first-order chi connectivity index (χ1) is 7.21. The van der Waals surface area contributed by atoms with Crippen LogP contribution in [0.15, 0.2) is 0 Å². The minimum absolute atomic E-state index is 0.00880. The lowest BCUT2D eigenvalue weighted by atomic mass is 9.50. The molecule has 0 spiro atoms. The number of carbonyl (C=O) groups is 1. The zero-order valence-corrected chi connectivity index (χ0v) is 9.67. The van der Waals surface area contributed by atoms with Crippen molar-refractivity contribution in [3.05, 3.63) is 0 Å². The summed E-state index contributed by atoms with van der Waals surface area (Å²) >= 11 is 0. The SMILES string of the molecule is CCCC1(C2(C(=O)OC)CCC2)COC1. The molecule has 0 aromatic rings. The molecule has 86 valence electrons. The van der Waals surface area contributed by atoms with Crippen LogP contribution in [-0.4, -0.2) is 26.3 Å². The van der Waals surface area contributed by atoms with Gasteiger partial charge in [0.1, 0.15) is 0 Å². The van der Waals surface area contributed by atoms with Gasteiger partial charge in [-0.3, -0.25) is 4.79 Å². The molecule has 1 heterocycles. The first kappa shape index (κ1) is 10.9. The van der Waals surface area contributed by atoms with E-state index in [4.69, 9.17) is 9.47 Å². The van der Waals surface area contributed by atoms with Crippen molar-refractivity contribution < 1.29 is 14.3 Å². The molecular formula is C12H20O3. The van der Waals surface area contributed by atoms with E-state index in [1.807, 2.05) is 0 Å². The molecule has 2 aliphatic rings. The highest BCUT2D eigenvalue weighted by atomic mass is 16.5. The second-order valence-electron chi connectivity index (χ2n) is 4.95. The molecule has 1 saturated heterocycles. The molecule has 0 N–H and O–H groups in total. The Balaban J connectivity index is 2.20. The predicted molar refractivity (Wildman–Crippen MR) is 56.5 cm³/mol. The number of carbonyl (C=O) groups excluding carboxylic acids is 1. The second-order valence-corrected chi connectivity index (χ2v) is 4.95. The van der Waals surface area contributed by atoms with Gasteiger partial charge >= 0.3 is 5.97 Å². The van der Waals surface area contributed by atoms with Crippen molar-refractivity contribution in [2.75, 3.05) is 20.3 Å². The first-order valence-corrected chi connectivity index (χ1v) is 5.87. The maximum Gasteiger partial charge on any atom is 0.312 e. The molecule has 0 bridgehead atoms. The van der Waals surface area contributed by atoms with Crippen LogP contribution < -0.4 is 0 Å². The topological polar surface area (TPSA) is 35.5 Å². The number of hydrogen-bond acceptors (Lipinski definition) is 3. The first-order valence-electron chi connectivity index (χ1n) is 5.87. The fraction of sp³-hybridized carbons (Fsp3) is 0.917. The van der Waals surface area contributed by atoms with E-state index in [1.165, 1.54) is 7.11 Å². The van der Waals surface area contributed by atoms with Crippen molar-refractivity contribution in [1.29, 1.82) is 0 Å². The van der Waals surface area contributed by atoms with E-state index in [0.717, 1.165) is 45.3 Å². The lowest BCUT2D eigenvalue weighted by Crippen LogP contribution is -2.62. The standard InChI is InChI=1S/C12H20O3/c1-3-5-11(8-15-9-11)12(6-4-7-12)10(13)14-2/h3-9H2,1-2H3. The lowest BCUT2D eigenvalue weighted by Gasteiger charge is -2.58. The molecule has 1 aliphatic heterocycles. The van der Waals surface area contributed by atoms with Crippen molar-refractivity contribution in [1.82, 2.24) is 0 Å². The summed E-state index contributed by atoms with van der Waals surface area (Å²) in [7, 11) is 1.50.